The lowest BCUT2D eigenvalue weighted by molar-refractivity contribution is 0.0144. The number of rotatable bonds is 6. The van der Waals surface area contributed by atoms with Gasteiger partial charge in [-0.3, -0.25) is 9.78 Å². The molecule has 0 atom stereocenters. The van der Waals surface area contributed by atoms with Crippen molar-refractivity contribution in [1.82, 2.24) is 14.8 Å². The van der Waals surface area contributed by atoms with Crippen LogP contribution in [0.15, 0.2) is 54.9 Å². The number of aromatic nitrogens is 1. The van der Waals surface area contributed by atoms with E-state index < -0.39 is 17.2 Å². The quantitative estimate of drug-likeness (QED) is 0.211. The molecule has 0 N–H and O–H groups in total. The van der Waals surface area contributed by atoms with Crippen molar-refractivity contribution >= 4 is 45.0 Å². The van der Waals surface area contributed by atoms with Gasteiger partial charge in [0.05, 0.1) is 15.1 Å². The first kappa shape index (κ1) is 31.9. The molecule has 1 saturated carbocycles. The Morgan fingerprint density at radius 2 is 1.61 bits per heavy atom. The lowest BCUT2D eigenvalue weighted by atomic mass is 9.88. The zero-order valence-corrected chi connectivity index (χ0v) is 27.1. The van der Waals surface area contributed by atoms with Gasteiger partial charge in [-0.05, 0) is 106 Å². The van der Waals surface area contributed by atoms with Crippen LogP contribution >= 0.6 is 22.9 Å². The van der Waals surface area contributed by atoms with Crippen molar-refractivity contribution in [3.05, 3.63) is 87.5 Å². The summed E-state index contributed by atoms with van der Waals surface area (Å²) in [6, 6.07) is 11.9. The smallest absolute Gasteiger partial charge is 0.410 e. The molecule has 0 aliphatic heterocycles. The van der Waals surface area contributed by atoms with Crippen molar-refractivity contribution < 1.29 is 23.1 Å². The van der Waals surface area contributed by atoms with E-state index in [0.717, 1.165) is 45.7 Å². The van der Waals surface area contributed by atoms with Gasteiger partial charge in [0.25, 0.3) is 5.91 Å². The number of thiophene rings is 1. The molecule has 0 unspecified atom stereocenters. The second kappa shape index (κ2) is 12.8. The van der Waals surface area contributed by atoms with Gasteiger partial charge in [0, 0.05) is 38.1 Å². The molecule has 6 nitrogen and oxygen atoms in total. The first-order chi connectivity index (χ1) is 20.8. The largest absolute Gasteiger partial charge is 0.444 e. The second-order valence-corrected chi connectivity index (χ2v) is 13.7. The van der Waals surface area contributed by atoms with Crippen LogP contribution in [0.1, 0.15) is 67.3 Å². The molecule has 1 aliphatic rings. The average molecular weight is 640 g/mol. The predicted molar refractivity (Wildman–Crippen MR) is 171 cm³/mol. The highest BCUT2D eigenvalue weighted by Crippen LogP contribution is 2.40. The standard InChI is InChI=1S/C34H36ClF2N3O3S/c1-20-6-7-22(21-14-16-38-17-15-21)18-23(20)19-40(25-10-8-24(9-11-25)39(5)33(42)43-34(2,3)4)32(41)31-29(35)28-26(36)12-13-27(37)30(28)44-31/h6-7,12-18,24-25H,8-11,19H2,1-5H3/t24-,25-. The number of carbonyl (C=O) groups excluding carboxylic acids is 2. The fourth-order valence-electron chi connectivity index (χ4n) is 5.72. The van der Waals surface area contributed by atoms with E-state index in [4.69, 9.17) is 16.3 Å². The fraction of sp³-hybridized carbons (Fsp3) is 0.382. The zero-order valence-electron chi connectivity index (χ0n) is 25.5. The highest BCUT2D eigenvalue weighted by molar-refractivity contribution is 7.21. The number of hydrogen-bond acceptors (Lipinski definition) is 5. The molecule has 0 bridgehead atoms. The van der Waals surface area contributed by atoms with Crippen LogP contribution in [0.25, 0.3) is 21.2 Å². The maximum absolute atomic E-state index is 14.7. The highest BCUT2D eigenvalue weighted by atomic mass is 35.5. The average Bonchev–Trinajstić information content (AvgIpc) is 3.36. The summed E-state index contributed by atoms with van der Waals surface area (Å²) in [5.41, 5.74) is 3.36. The topological polar surface area (TPSA) is 62.7 Å². The second-order valence-electron chi connectivity index (χ2n) is 12.3. The third-order valence-corrected chi connectivity index (χ3v) is 9.85. The third kappa shape index (κ3) is 6.74. The molecule has 0 saturated heterocycles. The summed E-state index contributed by atoms with van der Waals surface area (Å²) < 4.78 is 35.0. The molecule has 5 rings (SSSR count). The Labute approximate surface area is 265 Å². The molecule has 2 aromatic carbocycles. The monoisotopic (exact) mass is 639 g/mol. The molecule has 4 aromatic rings. The number of aryl methyl sites for hydroxylation is 1. The molecule has 0 radical (unpaired) electrons. The summed E-state index contributed by atoms with van der Waals surface area (Å²) in [6.07, 6.45) is 5.71. The number of pyridine rings is 1. The number of amides is 2. The minimum absolute atomic E-state index is 0.0249. The van der Waals surface area contributed by atoms with Crippen molar-refractivity contribution in [3.63, 3.8) is 0 Å². The van der Waals surface area contributed by atoms with Gasteiger partial charge in [-0.15, -0.1) is 11.3 Å². The molecule has 10 heteroatoms. The zero-order chi connectivity index (χ0) is 31.8. The van der Waals surface area contributed by atoms with Crippen LogP contribution in [0.3, 0.4) is 0 Å². The highest BCUT2D eigenvalue weighted by Gasteiger charge is 2.35. The van der Waals surface area contributed by atoms with E-state index in [1.807, 2.05) is 52.0 Å². The third-order valence-electron chi connectivity index (χ3n) is 8.18. The molecule has 2 aromatic heterocycles. The van der Waals surface area contributed by atoms with Crippen LogP contribution in [-0.2, 0) is 11.3 Å². The van der Waals surface area contributed by atoms with E-state index >= 15 is 0 Å². The molecule has 1 fully saturated rings. The number of nitrogens with zero attached hydrogens (tertiary/aromatic N) is 3. The number of carbonyl (C=O) groups is 2. The van der Waals surface area contributed by atoms with Gasteiger partial charge in [0.1, 0.15) is 22.1 Å². The summed E-state index contributed by atoms with van der Waals surface area (Å²) in [6.45, 7) is 7.79. The summed E-state index contributed by atoms with van der Waals surface area (Å²) in [7, 11) is 1.75. The lowest BCUT2D eigenvalue weighted by Gasteiger charge is -2.40. The summed E-state index contributed by atoms with van der Waals surface area (Å²) in [4.78, 5) is 34.7. The number of halogens is 3. The molecule has 1 aliphatic carbocycles. The minimum atomic E-state index is -0.667. The normalized spacial score (nSPS) is 17.0. The van der Waals surface area contributed by atoms with Gasteiger partial charge in [-0.2, -0.15) is 0 Å². The summed E-state index contributed by atoms with van der Waals surface area (Å²) in [5, 5.41) is -0.142. The molecule has 0 spiro atoms. The van der Waals surface area contributed by atoms with E-state index in [0.29, 0.717) is 25.7 Å². The number of ether oxygens (including phenoxy) is 1. The van der Waals surface area contributed by atoms with E-state index in [9.17, 15) is 18.4 Å². The first-order valence-electron chi connectivity index (χ1n) is 14.7. The maximum Gasteiger partial charge on any atom is 0.410 e. The van der Waals surface area contributed by atoms with Crippen LogP contribution in [0.5, 0.6) is 0 Å². The van der Waals surface area contributed by atoms with E-state index in [2.05, 4.69) is 11.1 Å². The number of benzene rings is 2. The molecular formula is C34H36ClF2N3O3S. The molecule has 232 valence electrons. The summed E-state index contributed by atoms with van der Waals surface area (Å²) >= 11 is 7.48. The molecule has 44 heavy (non-hydrogen) atoms. The Hall–Kier alpha value is -3.56. The van der Waals surface area contributed by atoms with Gasteiger partial charge in [-0.25, -0.2) is 13.6 Å². The van der Waals surface area contributed by atoms with Crippen molar-refractivity contribution in [2.24, 2.45) is 0 Å². The van der Waals surface area contributed by atoms with Crippen LogP contribution in [0.4, 0.5) is 13.6 Å². The van der Waals surface area contributed by atoms with Gasteiger partial charge in [-0.1, -0.05) is 23.7 Å². The van der Waals surface area contributed by atoms with Crippen LogP contribution in [0, 0.1) is 18.6 Å². The Kier molecular flexibility index (Phi) is 9.28. The first-order valence-corrected chi connectivity index (χ1v) is 15.9. The Morgan fingerprint density at radius 1 is 0.977 bits per heavy atom. The van der Waals surface area contributed by atoms with Gasteiger partial charge < -0.3 is 14.5 Å². The molecule has 2 amide bonds. The minimum Gasteiger partial charge on any atom is -0.444 e. The van der Waals surface area contributed by atoms with Crippen molar-refractivity contribution in [3.8, 4) is 11.1 Å². The Balaban J connectivity index is 1.47. The van der Waals surface area contributed by atoms with E-state index in [1.54, 1.807) is 29.2 Å². The van der Waals surface area contributed by atoms with Crippen LogP contribution in [0.2, 0.25) is 5.02 Å². The number of fused-ring (bicyclic) bond motifs is 1. The van der Waals surface area contributed by atoms with E-state index in [-0.39, 0.29) is 50.6 Å². The fourth-order valence-corrected chi connectivity index (χ4v) is 7.23. The SMILES string of the molecule is Cc1ccc(-c2ccncc2)cc1CN(C(=O)c1sc2c(F)ccc(F)c2c1Cl)[C@H]1CC[C@H](N(C)C(=O)OC(C)(C)C)CC1. The maximum atomic E-state index is 14.7. The lowest BCUT2D eigenvalue weighted by Crippen LogP contribution is -2.47. The van der Waals surface area contributed by atoms with Crippen LogP contribution < -0.4 is 0 Å². The van der Waals surface area contributed by atoms with Crippen molar-refractivity contribution in [2.75, 3.05) is 7.05 Å². The Bertz CT molecular complexity index is 1680. The van der Waals surface area contributed by atoms with Gasteiger partial charge in [0.15, 0.2) is 0 Å². The molecule has 2 heterocycles. The molecular weight excluding hydrogens is 604 g/mol. The van der Waals surface area contributed by atoms with Gasteiger partial charge >= 0.3 is 6.09 Å². The van der Waals surface area contributed by atoms with E-state index in [1.165, 1.54) is 0 Å². The van der Waals surface area contributed by atoms with Crippen LogP contribution in [-0.4, -0.2) is 51.5 Å². The Morgan fingerprint density at radius 3 is 2.25 bits per heavy atom. The number of hydrogen-bond donors (Lipinski definition) is 0. The van der Waals surface area contributed by atoms with Crippen molar-refractivity contribution in [1.29, 1.82) is 0 Å². The van der Waals surface area contributed by atoms with Crippen molar-refractivity contribution in [2.45, 2.75) is 77.6 Å². The predicted octanol–water partition coefficient (Wildman–Crippen LogP) is 9.02. The van der Waals surface area contributed by atoms with Gasteiger partial charge in [0.2, 0.25) is 0 Å². The summed E-state index contributed by atoms with van der Waals surface area (Å²) in [5.74, 6) is -1.65.